The molecule has 2 heterocycles. The Morgan fingerprint density at radius 2 is 2.21 bits per heavy atom. The maximum atomic E-state index is 11.9. The molecule has 0 saturated carbocycles. The molecule has 0 radical (unpaired) electrons. The summed E-state index contributed by atoms with van der Waals surface area (Å²) in [5.41, 5.74) is 5.49. The summed E-state index contributed by atoms with van der Waals surface area (Å²) in [5.74, 6) is 0.287. The molecule has 14 heavy (non-hydrogen) atoms. The summed E-state index contributed by atoms with van der Waals surface area (Å²) in [5, 5.41) is 0. The summed E-state index contributed by atoms with van der Waals surface area (Å²) in [7, 11) is 0. The largest absolute Gasteiger partial charge is 0.381 e. The molecule has 3 unspecified atom stereocenters. The van der Waals surface area contributed by atoms with Gasteiger partial charge in [0.15, 0.2) is 5.78 Å². The molecule has 0 aromatic rings. The summed E-state index contributed by atoms with van der Waals surface area (Å²) in [6, 6.07) is 0. The van der Waals surface area contributed by atoms with Gasteiger partial charge >= 0.3 is 0 Å². The van der Waals surface area contributed by atoms with Crippen molar-refractivity contribution in [1.82, 2.24) is 0 Å². The molecule has 0 aliphatic carbocycles. The molecular weight excluding hydrogens is 182 g/mol. The highest BCUT2D eigenvalue weighted by molar-refractivity contribution is 5.86. The van der Waals surface area contributed by atoms with Gasteiger partial charge in [0.2, 0.25) is 0 Å². The quantitative estimate of drug-likeness (QED) is 0.700. The number of Topliss-reactive ketones (excluding diaryl/α,β-unsaturated/α-hetero) is 1. The minimum atomic E-state index is -0.213. The van der Waals surface area contributed by atoms with Gasteiger partial charge < -0.3 is 15.2 Å². The maximum absolute atomic E-state index is 11.9. The Labute approximate surface area is 83.7 Å². The minimum Gasteiger partial charge on any atom is -0.381 e. The third-order valence-electron chi connectivity index (χ3n) is 3.02. The number of nitrogens with two attached hydrogens (primary N) is 1. The predicted octanol–water partition coefficient (Wildman–Crippen LogP) is 0.0983. The van der Waals surface area contributed by atoms with Crippen molar-refractivity contribution >= 4 is 5.78 Å². The first-order valence-corrected chi connectivity index (χ1v) is 5.28. The number of ketones is 1. The van der Waals surface area contributed by atoms with E-state index >= 15 is 0 Å². The smallest absolute Gasteiger partial charge is 0.167 e. The van der Waals surface area contributed by atoms with Crippen molar-refractivity contribution in [1.29, 1.82) is 0 Å². The summed E-state index contributed by atoms with van der Waals surface area (Å²) >= 11 is 0. The fraction of sp³-hybridized carbons (Fsp3) is 0.900. The van der Waals surface area contributed by atoms with E-state index in [0.29, 0.717) is 19.8 Å². The van der Waals surface area contributed by atoms with Crippen molar-refractivity contribution in [2.24, 2.45) is 11.7 Å². The molecular formula is C10H17NO3. The van der Waals surface area contributed by atoms with Gasteiger partial charge in [0.05, 0.1) is 12.7 Å². The van der Waals surface area contributed by atoms with E-state index in [1.807, 2.05) is 0 Å². The molecule has 2 aliphatic rings. The van der Waals surface area contributed by atoms with Crippen molar-refractivity contribution < 1.29 is 14.3 Å². The van der Waals surface area contributed by atoms with Crippen LogP contribution in [0.1, 0.15) is 19.3 Å². The standard InChI is InChI=1S/C10H17NO3/c11-5-8-1-2-9(14-8)10(12)7-3-4-13-6-7/h7-9H,1-6,11H2. The van der Waals surface area contributed by atoms with Gasteiger partial charge in [-0.2, -0.15) is 0 Å². The lowest BCUT2D eigenvalue weighted by Gasteiger charge is -2.14. The normalized spacial score (nSPS) is 37.6. The Morgan fingerprint density at radius 1 is 1.36 bits per heavy atom. The lowest BCUT2D eigenvalue weighted by Crippen LogP contribution is -2.30. The van der Waals surface area contributed by atoms with Crippen molar-refractivity contribution in [3.05, 3.63) is 0 Å². The number of carbonyl (C=O) groups is 1. The molecule has 0 amide bonds. The van der Waals surface area contributed by atoms with Crippen LogP contribution in [0.4, 0.5) is 0 Å². The predicted molar refractivity (Wildman–Crippen MR) is 50.9 cm³/mol. The van der Waals surface area contributed by atoms with E-state index in [9.17, 15) is 4.79 Å². The lowest BCUT2D eigenvalue weighted by atomic mass is 9.97. The molecule has 2 fully saturated rings. The molecule has 4 nitrogen and oxygen atoms in total. The highest BCUT2D eigenvalue weighted by atomic mass is 16.5. The van der Waals surface area contributed by atoms with Crippen molar-refractivity contribution in [2.45, 2.75) is 31.5 Å². The maximum Gasteiger partial charge on any atom is 0.167 e. The van der Waals surface area contributed by atoms with Crippen LogP contribution < -0.4 is 5.73 Å². The van der Waals surface area contributed by atoms with Crippen LogP contribution in [0.25, 0.3) is 0 Å². The third kappa shape index (κ3) is 1.97. The van der Waals surface area contributed by atoms with Gasteiger partial charge in [0.25, 0.3) is 0 Å². The molecule has 0 bridgehead atoms. The summed E-state index contributed by atoms with van der Waals surface area (Å²) < 4.78 is 10.7. The molecule has 0 spiro atoms. The summed E-state index contributed by atoms with van der Waals surface area (Å²) in [6.07, 6.45) is 2.48. The molecule has 80 valence electrons. The zero-order valence-corrected chi connectivity index (χ0v) is 8.28. The third-order valence-corrected chi connectivity index (χ3v) is 3.02. The van der Waals surface area contributed by atoms with Crippen molar-refractivity contribution in [2.75, 3.05) is 19.8 Å². The fourth-order valence-electron chi connectivity index (χ4n) is 2.11. The van der Waals surface area contributed by atoms with E-state index in [0.717, 1.165) is 19.3 Å². The Bertz CT molecular complexity index is 213. The van der Waals surface area contributed by atoms with Crippen LogP contribution in [0.2, 0.25) is 0 Å². The second-order valence-corrected chi connectivity index (χ2v) is 4.02. The summed E-state index contributed by atoms with van der Waals surface area (Å²) in [4.78, 5) is 11.9. The van der Waals surface area contributed by atoms with Gasteiger partial charge in [-0.3, -0.25) is 4.79 Å². The zero-order valence-electron chi connectivity index (χ0n) is 8.28. The topological polar surface area (TPSA) is 61.6 Å². The number of ether oxygens (including phenoxy) is 2. The second kappa shape index (κ2) is 4.38. The average molecular weight is 199 g/mol. The Morgan fingerprint density at radius 3 is 2.79 bits per heavy atom. The monoisotopic (exact) mass is 199 g/mol. The number of rotatable bonds is 3. The van der Waals surface area contributed by atoms with E-state index in [-0.39, 0.29) is 23.9 Å². The molecule has 2 N–H and O–H groups in total. The van der Waals surface area contributed by atoms with Gasteiger partial charge in [0, 0.05) is 19.1 Å². The summed E-state index contributed by atoms with van der Waals surface area (Å²) in [6.45, 7) is 1.81. The van der Waals surface area contributed by atoms with Gasteiger partial charge in [-0.25, -0.2) is 0 Å². The first-order valence-electron chi connectivity index (χ1n) is 5.28. The number of carbonyl (C=O) groups excluding carboxylic acids is 1. The van der Waals surface area contributed by atoms with Crippen molar-refractivity contribution in [3.8, 4) is 0 Å². The highest BCUT2D eigenvalue weighted by Gasteiger charge is 2.35. The molecule has 0 aromatic heterocycles. The van der Waals surface area contributed by atoms with Crippen LogP contribution in [0, 0.1) is 5.92 Å². The highest BCUT2D eigenvalue weighted by Crippen LogP contribution is 2.25. The van der Waals surface area contributed by atoms with E-state index in [1.165, 1.54) is 0 Å². The fourth-order valence-corrected chi connectivity index (χ4v) is 2.11. The minimum absolute atomic E-state index is 0.0662. The molecule has 0 aromatic carbocycles. The first-order chi connectivity index (χ1) is 6.81. The second-order valence-electron chi connectivity index (χ2n) is 4.02. The van der Waals surface area contributed by atoms with Gasteiger partial charge in [0.1, 0.15) is 6.10 Å². The molecule has 2 rings (SSSR count). The van der Waals surface area contributed by atoms with Gasteiger partial charge in [-0.05, 0) is 19.3 Å². The molecule has 2 saturated heterocycles. The molecule has 2 aliphatic heterocycles. The van der Waals surface area contributed by atoms with Crippen LogP contribution in [0.15, 0.2) is 0 Å². The van der Waals surface area contributed by atoms with E-state index in [1.54, 1.807) is 0 Å². The van der Waals surface area contributed by atoms with Gasteiger partial charge in [-0.1, -0.05) is 0 Å². The number of hydrogen-bond donors (Lipinski definition) is 1. The van der Waals surface area contributed by atoms with E-state index in [4.69, 9.17) is 15.2 Å². The lowest BCUT2D eigenvalue weighted by molar-refractivity contribution is -0.133. The van der Waals surface area contributed by atoms with E-state index < -0.39 is 0 Å². The Hall–Kier alpha value is -0.450. The molecule has 3 atom stereocenters. The SMILES string of the molecule is NCC1CCC(C(=O)C2CCOC2)O1. The van der Waals surface area contributed by atoms with Crippen LogP contribution in [0.5, 0.6) is 0 Å². The zero-order chi connectivity index (χ0) is 9.97. The average Bonchev–Trinajstić information content (AvgIpc) is 2.88. The Balaban J connectivity index is 1.86. The number of hydrogen-bond acceptors (Lipinski definition) is 4. The first kappa shape index (κ1) is 10.1. The van der Waals surface area contributed by atoms with Crippen LogP contribution >= 0.6 is 0 Å². The van der Waals surface area contributed by atoms with Crippen LogP contribution in [0.3, 0.4) is 0 Å². The van der Waals surface area contributed by atoms with E-state index in [2.05, 4.69) is 0 Å². The Kier molecular flexibility index (Phi) is 3.15. The molecule has 4 heteroatoms. The van der Waals surface area contributed by atoms with Crippen molar-refractivity contribution in [3.63, 3.8) is 0 Å². The van der Waals surface area contributed by atoms with Gasteiger partial charge in [-0.15, -0.1) is 0 Å². The van der Waals surface area contributed by atoms with Crippen LogP contribution in [-0.2, 0) is 14.3 Å². The van der Waals surface area contributed by atoms with Crippen LogP contribution in [-0.4, -0.2) is 37.7 Å².